The summed E-state index contributed by atoms with van der Waals surface area (Å²) in [6.45, 7) is 5.36. The van der Waals surface area contributed by atoms with Crippen LogP contribution in [0.15, 0.2) is 23.5 Å². The third-order valence-corrected chi connectivity index (χ3v) is 6.28. The van der Waals surface area contributed by atoms with Crippen molar-refractivity contribution in [2.45, 2.75) is 63.4 Å². The van der Waals surface area contributed by atoms with Crippen LogP contribution in [0.2, 0.25) is 0 Å². The van der Waals surface area contributed by atoms with Crippen molar-refractivity contribution in [2.24, 2.45) is 11.8 Å². The molecule has 140 valence electrons. The van der Waals surface area contributed by atoms with Crippen LogP contribution in [0.1, 0.15) is 40.0 Å². The number of ketones is 1. The zero-order valence-electron chi connectivity index (χ0n) is 15.0. The smallest absolute Gasteiger partial charge is 0.346 e. The Kier molecular flexibility index (Phi) is 3.60. The Balaban J connectivity index is 1.90. The molecule has 3 fully saturated rings. The van der Waals surface area contributed by atoms with Gasteiger partial charge in [0.05, 0.1) is 12.0 Å². The van der Waals surface area contributed by atoms with Gasteiger partial charge >= 0.3 is 11.9 Å². The van der Waals surface area contributed by atoms with E-state index in [1.54, 1.807) is 13.8 Å². The second-order valence-corrected chi connectivity index (χ2v) is 7.91. The van der Waals surface area contributed by atoms with Crippen LogP contribution >= 0.6 is 0 Å². The van der Waals surface area contributed by atoms with E-state index in [1.807, 2.05) is 6.92 Å². The fourth-order valence-electron chi connectivity index (χ4n) is 4.58. The summed E-state index contributed by atoms with van der Waals surface area (Å²) >= 11 is 0. The van der Waals surface area contributed by atoms with Gasteiger partial charge in [0, 0.05) is 24.8 Å². The van der Waals surface area contributed by atoms with E-state index in [2.05, 4.69) is 0 Å². The number of fused-ring (bicyclic) bond motifs is 1. The quantitative estimate of drug-likeness (QED) is 0.510. The Morgan fingerprint density at radius 1 is 1.19 bits per heavy atom. The molecule has 5 rings (SSSR count). The van der Waals surface area contributed by atoms with Gasteiger partial charge in [0.15, 0.2) is 17.1 Å². The molecule has 7 nitrogen and oxygen atoms in total. The number of aliphatic hydroxyl groups excluding tert-OH is 1. The second-order valence-electron chi connectivity index (χ2n) is 7.91. The van der Waals surface area contributed by atoms with Crippen LogP contribution in [0, 0.1) is 11.8 Å². The van der Waals surface area contributed by atoms with Gasteiger partial charge < -0.3 is 19.3 Å². The van der Waals surface area contributed by atoms with Gasteiger partial charge in [-0.3, -0.25) is 4.79 Å². The first-order chi connectivity index (χ1) is 12.2. The largest absolute Gasteiger partial charge is 0.484 e. The zero-order chi connectivity index (χ0) is 18.9. The first-order valence-corrected chi connectivity index (χ1v) is 8.96. The summed E-state index contributed by atoms with van der Waals surface area (Å²) < 4.78 is 17.0. The molecule has 0 aromatic carbocycles. The van der Waals surface area contributed by atoms with Crippen molar-refractivity contribution in [3.05, 3.63) is 23.5 Å². The molecule has 26 heavy (non-hydrogen) atoms. The molecule has 1 spiro atoms. The molecule has 6 atom stereocenters. The summed E-state index contributed by atoms with van der Waals surface area (Å²) in [6.07, 6.45) is 2.09. The third kappa shape index (κ3) is 2.13. The highest BCUT2D eigenvalue weighted by Gasteiger charge is 2.70. The Morgan fingerprint density at radius 2 is 1.92 bits per heavy atom. The number of aliphatic hydroxyl groups is 1. The maximum absolute atomic E-state index is 12.7. The average Bonchev–Trinajstić information content (AvgIpc) is 2.83. The van der Waals surface area contributed by atoms with Crippen LogP contribution < -0.4 is 0 Å². The number of rotatable bonds is 0. The molecule has 4 heterocycles. The maximum atomic E-state index is 12.7. The minimum absolute atomic E-state index is 0.0466. The molecule has 5 bridgehead atoms. The number of cyclic esters (lactones) is 1. The Labute approximate surface area is 151 Å². The van der Waals surface area contributed by atoms with E-state index >= 15 is 0 Å². The number of carbonyl (C=O) groups is 3. The highest BCUT2D eigenvalue weighted by Crippen LogP contribution is 2.60. The number of hydrogen-bond donors (Lipinski definition) is 1. The molecular formula is C19H22O7. The minimum Gasteiger partial charge on any atom is -0.484 e. The first kappa shape index (κ1) is 17.3. The van der Waals surface area contributed by atoms with Crippen LogP contribution in [-0.2, 0) is 28.6 Å². The van der Waals surface area contributed by atoms with Crippen LogP contribution in [0.4, 0.5) is 0 Å². The predicted octanol–water partition coefficient (Wildman–Crippen LogP) is 1.19. The molecule has 0 aromatic rings. The lowest BCUT2D eigenvalue weighted by Gasteiger charge is -2.59. The molecule has 1 saturated carbocycles. The van der Waals surface area contributed by atoms with E-state index < -0.39 is 41.3 Å². The number of carbonyl (C=O) groups excluding carboxylic acids is 3. The minimum atomic E-state index is -1.25. The lowest BCUT2D eigenvalue weighted by molar-refractivity contribution is -0.262. The summed E-state index contributed by atoms with van der Waals surface area (Å²) in [4.78, 5) is 37.3. The van der Waals surface area contributed by atoms with Crippen molar-refractivity contribution in [1.82, 2.24) is 0 Å². The highest BCUT2D eigenvalue weighted by molar-refractivity contribution is 6.19. The lowest BCUT2D eigenvalue weighted by atomic mass is 9.59. The Hall–Kier alpha value is -2.15. The molecule has 7 heteroatoms. The predicted molar refractivity (Wildman–Crippen MR) is 87.6 cm³/mol. The van der Waals surface area contributed by atoms with Gasteiger partial charge in [-0.1, -0.05) is 13.0 Å². The van der Waals surface area contributed by atoms with Gasteiger partial charge in [-0.2, -0.15) is 0 Å². The van der Waals surface area contributed by atoms with Gasteiger partial charge in [-0.25, -0.2) is 9.59 Å². The summed E-state index contributed by atoms with van der Waals surface area (Å²) in [6, 6.07) is 0. The van der Waals surface area contributed by atoms with E-state index in [9.17, 15) is 19.5 Å². The molecule has 2 saturated heterocycles. The fourth-order valence-corrected chi connectivity index (χ4v) is 4.58. The molecule has 4 aliphatic heterocycles. The standard InChI is InChI=1S/C19H22O7/c1-9-8-19-11-5-7-13(21)24-10(2)4-6-12(20)14(17(23)26-19)16(19)25-18(9,3)15(11)22/h5,7,9-11,15,22H,4,6,8H2,1-3H3. The van der Waals surface area contributed by atoms with Crippen LogP contribution in [-0.4, -0.2) is 46.2 Å². The molecule has 0 radical (unpaired) electrons. The van der Waals surface area contributed by atoms with Crippen molar-refractivity contribution in [2.75, 3.05) is 0 Å². The average molecular weight is 362 g/mol. The Morgan fingerprint density at radius 3 is 2.65 bits per heavy atom. The number of esters is 2. The zero-order valence-corrected chi connectivity index (χ0v) is 15.0. The third-order valence-electron chi connectivity index (χ3n) is 6.28. The van der Waals surface area contributed by atoms with E-state index in [-0.39, 0.29) is 29.5 Å². The van der Waals surface area contributed by atoms with E-state index in [1.165, 1.54) is 12.2 Å². The molecule has 1 N–H and O–H groups in total. The number of Topliss-reactive ketones (excluding diaryl/α,β-unsaturated/α-hetero) is 1. The lowest BCUT2D eigenvalue weighted by Crippen LogP contribution is -2.69. The summed E-state index contributed by atoms with van der Waals surface area (Å²) in [5.41, 5.74) is -2.29. The van der Waals surface area contributed by atoms with E-state index in [0.717, 1.165) is 0 Å². The number of ether oxygens (including phenoxy) is 3. The molecule has 0 amide bonds. The van der Waals surface area contributed by atoms with Gasteiger partial charge in [0.2, 0.25) is 0 Å². The van der Waals surface area contributed by atoms with Crippen LogP contribution in [0.25, 0.3) is 0 Å². The number of hydrogen-bond acceptors (Lipinski definition) is 7. The highest BCUT2D eigenvalue weighted by atomic mass is 16.6. The van der Waals surface area contributed by atoms with E-state index in [4.69, 9.17) is 14.2 Å². The van der Waals surface area contributed by atoms with Crippen LogP contribution in [0.3, 0.4) is 0 Å². The van der Waals surface area contributed by atoms with Gasteiger partial charge in [-0.15, -0.1) is 0 Å². The van der Waals surface area contributed by atoms with E-state index in [0.29, 0.717) is 12.8 Å². The molecule has 6 unspecified atom stereocenters. The summed E-state index contributed by atoms with van der Waals surface area (Å²) in [5, 5.41) is 10.9. The summed E-state index contributed by atoms with van der Waals surface area (Å²) in [5.74, 6) is -2.23. The monoisotopic (exact) mass is 362 g/mol. The fraction of sp³-hybridized carbons (Fsp3) is 0.632. The van der Waals surface area contributed by atoms with Crippen molar-refractivity contribution in [3.63, 3.8) is 0 Å². The Bertz CT molecular complexity index is 766. The molecule has 1 aliphatic carbocycles. The normalized spacial score (nSPS) is 44.8. The van der Waals surface area contributed by atoms with Gasteiger partial charge in [0.25, 0.3) is 0 Å². The van der Waals surface area contributed by atoms with Crippen molar-refractivity contribution in [1.29, 1.82) is 0 Å². The van der Waals surface area contributed by atoms with Crippen molar-refractivity contribution < 1.29 is 33.7 Å². The maximum Gasteiger partial charge on any atom is 0.346 e. The van der Waals surface area contributed by atoms with Crippen molar-refractivity contribution in [3.8, 4) is 0 Å². The topological polar surface area (TPSA) is 99.1 Å². The van der Waals surface area contributed by atoms with Crippen LogP contribution in [0.5, 0.6) is 0 Å². The SMILES string of the molecule is CC1CCC(=O)C2=C3OC4(C)C(C)CC3(OC2=O)C(C=CC(=O)O1)C4O. The molecular weight excluding hydrogens is 340 g/mol. The van der Waals surface area contributed by atoms with Gasteiger partial charge in [-0.05, 0) is 20.3 Å². The van der Waals surface area contributed by atoms with Crippen molar-refractivity contribution >= 4 is 17.7 Å². The molecule has 0 aromatic heterocycles. The van der Waals surface area contributed by atoms with Gasteiger partial charge in [0.1, 0.15) is 17.3 Å². The summed E-state index contributed by atoms with van der Waals surface area (Å²) in [7, 11) is 0. The second kappa shape index (κ2) is 5.42. The molecule has 5 aliphatic rings. The first-order valence-electron chi connectivity index (χ1n) is 8.96.